The fourth-order valence-corrected chi connectivity index (χ4v) is 2.11. The van der Waals surface area contributed by atoms with Crippen LogP contribution in [0.25, 0.3) is 0 Å². The summed E-state index contributed by atoms with van der Waals surface area (Å²) in [7, 11) is 0. The van der Waals surface area contributed by atoms with Crippen molar-refractivity contribution < 1.29 is 4.79 Å². The van der Waals surface area contributed by atoms with E-state index in [0.717, 1.165) is 22.5 Å². The van der Waals surface area contributed by atoms with Crippen molar-refractivity contribution in [3.8, 4) is 0 Å². The smallest absolute Gasteiger partial charge is 0.243 e. The normalized spacial score (nSPS) is 10.2. The Morgan fingerprint density at radius 3 is 2.05 bits per heavy atom. The highest BCUT2D eigenvalue weighted by molar-refractivity contribution is 5.93. The Hall–Kier alpha value is -2.29. The molecular weight excluding hydrogens is 248 g/mol. The number of hydrogen-bond donors (Lipinski definition) is 2. The van der Waals surface area contributed by atoms with Gasteiger partial charge in [-0.1, -0.05) is 23.8 Å². The second-order valence-electron chi connectivity index (χ2n) is 5.14. The molecule has 0 saturated heterocycles. The third-order valence-corrected chi connectivity index (χ3v) is 3.01. The van der Waals surface area contributed by atoms with Crippen LogP contribution in [0.2, 0.25) is 0 Å². The molecule has 0 fully saturated rings. The summed E-state index contributed by atoms with van der Waals surface area (Å²) in [6.45, 7) is 6.34. The molecule has 0 heterocycles. The third kappa shape index (κ3) is 4.12. The van der Waals surface area contributed by atoms with E-state index in [1.54, 1.807) is 0 Å². The first-order valence-electron chi connectivity index (χ1n) is 6.71. The van der Waals surface area contributed by atoms with Gasteiger partial charge in [0.2, 0.25) is 5.91 Å². The summed E-state index contributed by atoms with van der Waals surface area (Å²) >= 11 is 0. The van der Waals surface area contributed by atoms with Gasteiger partial charge in [-0.25, -0.2) is 0 Å². The van der Waals surface area contributed by atoms with Gasteiger partial charge in [-0.2, -0.15) is 0 Å². The zero-order chi connectivity index (χ0) is 14.5. The van der Waals surface area contributed by atoms with E-state index in [-0.39, 0.29) is 12.5 Å². The summed E-state index contributed by atoms with van der Waals surface area (Å²) in [4.78, 5) is 11.9. The fourth-order valence-electron chi connectivity index (χ4n) is 2.11. The molecule has 3 heteroatoms. The average molecular weight is 268 g/mol. The van der Waals surface area contributed by atoms with Gasteiger partial charge < -0.3 is 10.6 Å². The number of rotatable bonds is 4. The quantitative estimate of drug-likeness (QED) is 0.888. The molecule has 0 aliphatic heterocycles. The SMILES string of the molecule is Cc1ccc(NCC(=O)Nc2cc(C)cc(C)c2)cc1. The van der Waals surface area contributed by atoms with Gasteiger partial charge in [0.05, 0.1) is 6.54 Å². The first kappa shape index (κ1) is 14.1. The number of nitrogens with one attached hydrogen (secondary N) is 2. The van der Waals surface area contributed by atoms with Crippen LogP contribution in [0.5, 0.6) is 0 Å². The lowest BCUT2D eigenvalue weighted by atomic mass is 10.1. The minimum atomic E-state index is -0.0458. The Morgan fingerprint density at radius 2 is 1.45 bits per heavy atom. The summed E-state index contributed by atoms with van der Waals surface area (Å²) in [6.07, 6.45) is 0. The molecule has 2 aromatic rings. The van der Waals surface area contributed by atoms with Crippen molar-refractivity contribution in [2.75, 3.05) is 17.2 Å². The highest BCUT2D eigenvalue weighted by Gasteiger charge is 2.03. The minimum Gasteiger partial charge on any atom is -0.376 e. The molecule has 104 valence electrons. The Labute approximate surface area is 120 Å². The number of aryl methyl sites for hydroxylation is 3. The number of anilines is 2. The van der Waals surface area contributed by atoms with Crippen LogP contribution in [-0.2, 0) is 4.79 Å². The van der Waals surface area contributed by atoms with E-state index in [1.165, 1.54) is 5.56 Å². The van der Waals surface area contributed by atoms with Gasteiger partial charge in [-0.3, -0.25) is 4.79 Å². The second kappa shape index (κ2) is 6.24. The van der Waals surface area contributed by atoms with Crippen molar-refractivity contribution in [1.29, 1.82) is 0 Å². The van der Waals surface area contributed by atoms with Gasteiger partial charge in [0.15, 0.2) is 0 Å². The highest BCUT2D eigenvalue weighted by Crippen LogP contribution is 2.14. The maximum atomic E-state index is 11.9. The van der Waals surface area contributed by atoms with Crippen molar-refractivity contribution in [3.63, 3.8) is 0 Å². The van der Waals surface area contributed by atoms with E-state index in [2.05, 4.69) is 16.7 Å². The van der Waals surface area contributed by atoms with Crippen LogP contribution >= 0.6 is 0 Å². The number of carbonyl (C=O) groups excluding carboxylic acids is 1. The summed E-state index contributed by atoms with van der Waals surface area (Å²) in [6, 6.07) is 14.0. The van der Waals surface area contributed by atoms with Gasteiger partial charge >= 0.3 is 0 Å². The van der Waals surface area contributed by atoms with Gasteiger partial charge in [-0.05, 0) is 56.2 Å². The lowest BCUT2D eigenvalue weighted by Gasteiger charge is -2.09. The molecule has 1 amide bonds. The molecular formula is C17H20N2O. The number of hydrogen-bond acceptors (Lipinski definition) is 2. The van der Waals surface area contributed by atoms with Crippen molar-refractivity contribution >= 4 is 17.3 Å². The molecule has 0 aliphatic carbocycles. The fraction of sp³-hybridized carbons (Fsp3) is 0.235. The topological polar surface area (TPSA) is 41.1 Å². The van der Waals surface area contributed by atoms with E-state index in [0.29, 0.717) is 0 Å². The maximum Gasteiger partial charge on any atom is 0.243 e. The second-order valence-corrected chi connectivity index (χ2v) is 5.14. The number of carbonyl (C=O) groups is 1. The van der Waals surface area contributed by atoms with Crippen LogP contribution < -0.4 is 10.6 Å². The zero-order valence-electron chi connectivity index (χ0n) is 12.2. The lowest BCUT2D eigenvalue weighted by Crippen LogP contribution is -2.21. The van der Waals surface area contributed by atoms with Crippen LogP contribution in [-0.4, -0.2) is 12.5 Å². The molecule has 0 atom stereocenters. The molecule has 2 rings (SSSR count). The van der Waals surface area contributed by atoms with Crippen LogP contribution in [0.4, 0.5) is 11.4 Å². The van der Waals surface area contributed by atoms with Gasteiger partial charge in [0.25, 0.3) is 0 Å². The van der Waals surface area contributed by atoms with Crippen LogP contribution in [0.15, 0.2) is 42.5 Å². The Balaban J connectivity index is 1.90. The maximum absolute atomic E-state index is 11.9. The molecule has 20 heavy (non-hydrogen) atoms. The lowest BCUT2D eigenvalue weighted by molar-refractivity contribution is -0.114. The Bertz CT molecular complexity index is 583. The van der Waals surface area contributed by atoms with Gasteiger partial charge in [-0.15, -0.1) is 0 Å². The predicted molar refractivity (Wildman–Crippen MR) is 84.2 cm³/mol. The monoisotopic (exact) mass is 268 g/mol. The van der Waals surface area contributed by atoms with Crippen molar-refractivity contribution in [2.24, 2.45) is 0 Å². The summed E-state index contributed by atoms with van der Waals surface area (Å²) in [5.41, 5.74) is 5.29. The van der Waals surface area contributed by atoms with Gasteiger partial charge in [0, 0.05) is 11.4 Å². The third-order valence-electron chi connectivity index (χ3n) is 3.01. The van der Waals surface area contributed by atoms with Gasteiger partial charge in [0.1, 0.15) is 0 Å². The molecule has 0 unspecified atom stereocenters. The molecule has 0 radical (unpaired) electrons. The number of amides is 1. The first-order chi connectivity index (χ1) is 9.52. The standard InChI is InChI=1S/C17H20N2O/c1-12-4-6-15(7-5-12)18-11-17(20)19-16-9-13(2)8-14(3)10-16/h4-10,18H,11H2,1-3H3,(H,19,20). The van der Waals surface area contributed by atoms with Crippen molar-refractivity contribution in [3.05, 3.63) is 59.2 Å². The van der Waals surface area contributed by atoms with Crippen LogP contribution in [0.3, 0.4) is 0 Å². The first-order valence-corrected chi connectivity index (χ1v) is 6.71. The van der Waals surface area contributed by atoms with Crippen molar-refractivity contribution in [2.45, 2.75) is 20.8 Å². The van der Waals surface area contributed by atoms with E-state index in [9.17, 15) is 4.79 Å². The minimum absolute atomic E-state index is 0.0458. The van der Waals surface area contributed by atoms with E-state index in [4.69, 9.17) is 0 Å². The molecule has 3 nitrogen and oxygen atoms in total. The van der Waals surface area contributed by atoms with E-state index >= 15 is 0 Å². The highest BCUT2D eigenvalue weighted by atomic mass is 16.1. The van der Waals surface area contributed by atoms with Crippen molar-refractivity contribution in [1.82, 2.24) is 0 Å². The largest absolute Gasteiger partial charge is 0.376 e. The van der Waals surface area contributed by atoms with E-state index in [1.807, 2.05) is 57.2 Å². The Kier molecular flexibility index (Phi) is 4.41. The predicted octanol–water partition coefficient (Wildman–Crippen LogP) is 3.66. The molecule has 0 spiro atoms. The molecule has 0 bridgehead atoms. The average Bonchev–Trinajstić information content (AvgIpc) is 2.37. The summed E-state index contributed by atoms with van der Waals surface area (Å²) in [5, 5.41) is 6.01. The number of benzene rings is 2. The Morgan fingerprint density at radius 1 is 0.850 bits per heavy atom. The zero-order valence-corrected chi connectivity index (χ0v) is 12.2. The molecule has 2 aromatic carbocycles. The van der Waals surface area contributed by atoms with Crippen LogP contribution in [0.1, 0.15) is 16.7 Å². The molecule has 0 saturated carbocycles. The molecule has 2 N–H and O–H groups in total. The molecule has 0 aromatic heterocycles. The van der Waals surface area contributed by atoms with Crippen LogP contribution in [0, 0.1) is 20.8 Å². The summed E-state index contributed by atoms with van der Waals surface area (Å²) in [5.74, 6) is -0.0458. The molecule has 0 aliphatic rings. The van der Waals surface area contributed by atoms with E-state index < -0.39 is 0 Å². The summed E-state index contributed by atoms with van der Waals surface area (Å²) < 4.78 is 0.